The van der Waals surface area contributed by atoms with Crippen LogP contribution in [0, 0.1) is 0 Å². The summed E-state index contributed by atoms with van der Waals surface area (Å²) in [7, 11) is 2.13. The molecule has 0 aliphatic carbocycles. The monoisotopic (exact) mass is 365 g/mol. The Bertz CT molecular complexity index is 900. The molecule has 0 radical (unpaired) electrons. The van der Waals surface area contributed by atoms with Crippen molar-refractivity contribution in [2.45, 2.75) is 39.8 Å². The molecule has 2 aromatic carbocycles. The third kappa shape index (κ3) is 4.95. The lowest BCUT2D eigenvalue weighted by atomic mass is 10.1. The summed E-state index contributed by atoms with van der Waals surface area (Å²) < 4.78 is 5.95. The molecule has 0 aliphatic heterocycles. The maximum atomic E-state index is 11.4. The van der Waals surface area contributed by atoms with Gasteiger partial charge in [0.15, 0.2) is 5.78 Å². The maximum absolute atomic E-state index is 11.4. The number of nitrogens with zero attached hydrogens (tertiary/aromatic N) is 2. The van der Waals surface area contributed by atoms with Crippen molar-refractivity contribution < 1.29 is 9.53 Å². The molecule has 5 nitrogen and oxygen atoms in total. The largest absolute Gasteiger partial charge is 0.489 e. The first-order valence-corrected chi connectivity index (χ1v) is 9.45. The van der Waals surface area contributed by atoms with Gasteiger partial charge < -0.3 is 9.64 Å². The SMILES string of the molecule is CCCCN(C)Cc1[nH]nc2ccc(OCc3ccc(C(C)=O)cc3)cc12. The number of aromatic amines is 1. The van der Waals surface area contributed by atoms with E-state index in [1.54, 1.807) is 6.92 Å². The number of benzene rings is 2. The van der Waals surface area contributed by atoms with E-state index >= 15 is 0 Å². The summed E-state index contributed by atoms with van der Waals surface area (Å²) in [6.07, 6.45) is 2.39. The Morgan fingerprint density at radius 1 is 1.19 bits per heavy atom. The van der Waals surface area contributed by atoms with E-state index in [9.17, 15) is 4.79 Å². The Kier molecular flexibility index (Phi) is 6.24. The lowest BCUT2D eigenvalue weighted by molar-refractivity contribution is 0.101. The minimum atomic E-state index is 0.0734. The van der Waals surface area contributed by atoms with Crippen molar-refractivity contribution in [3.05, 3.63) is 59.3 Å². The highest BCUT2D eigenvalue weighted by Gasteiger charge is 2.09. The van der Waals surface area contributed by atoms with Gasteiger partial charge >= 0.3 is 0 Å². The maximum Gasteiger partial charge on any atom is 0.159 e. The Hall–Kier alpha value is -2.66. The zero-order valence-electron chi connectivity index (χ0n) is 16.3. The number of carbonyl (C=O) groups is 1. The molecule has 0 spiro atoms. The van der Waals surface area contributed by atoms with E-state index in [1.807, 2.05) is 42.5 Å². The van der Waals surface area contributed by atoms with Gasteiger partial charge in [0.05, 0.1) is 11.2 Å². The fraction of sp³-hybridized carbons (Fsp3) is 0.364. The average molecular weight is 365 g/mol. The van der Waals surface area contributed by atoms with Crippen LogP contribution in [-0.4, -0.2) is 34.5 Å². The molecule has 0 saturated carbocycles. The van der Waals surface area contributed by atoms with Crippen LogP contribution in [0.5, 0.6) is 5.75 Å². The number of H-pyrrole nitrogens is 1. The van der Waals surface area contributed by atoms with Crippen molar-refractivity contribution in [1.29, 1.82) is 0 Å². The van der Waals surface area contributed by atoms with Crippen LogP contribution < -0.4 is 4.74 Å². The van der Waals surface area contributed by atoms with Crippen molar-refractivity contribution in [2.75, 3.05) is 13.6 Å². The number of hydrogen-bond acceptors (Lipinski definition) is 4. The van der Waals surface area contributed by atoms with Gasteiger partial charge in [-0.1, -0.05) is 37.6 Å². The first-order valence-electron chi connectivity index (χ1n) is 9.45. The summed E-state index contributed by atoms with van der Waals surface area (Å²) in [4.78, 5) is 13.7. The molecule has 27 heavy (non-hydrogen) atoms. The van der Waals surface area contributed by atoms with Gasteiger partial charge in [0, 0.05) is 17.5 Å². The number of Topliss-reactive ketones (excluding diaryl/α,β-unsaturated/α-hetero) is 1. The first kappa shape index (κ1) is 19.1. The van der Waals surface area contributed by atoms with Crippen molar-refractivity contribution in [1.82, 2.24) is 15.1 Å². The van der Waals surface area contributed by atoms with Crippen LogP contribution in [0.25, 0.3) is 10.9 Å². The lowest BCUT2D eigenvalue weighted by Crippen LogP contribution is -2.19. The highest BCUT2D eigenvalue weighted by atomic mass is 16.5. The number of carbonyl (C=O) groups excluding carboxylic acids is 1. The van der Waals surface area contributed by atoms with Crippen molar-refractivity contribution in [3.8, 4) is 5.75 Å². The molecular weight excluding hydrogens is 338 g/mol. The summed E-state index contributed by atoms with van der Waals surface area (Å²) in [6.45, 7) is 6.16. The number of unbranched alkanes of at least 4 members (excludes halogenated alkanes) is 1. The fourth-order valence-electron chi connectivity index (χ4n) is 3.03. The number of ketones is 1. The quantitative estimate of drug-likeness (QED) is 0.564. The van der Waals surface area contributed by atoms with Gasteiger partial charge in [0.1, 0.15) is 12.4 Å². The number of nitrogens with one attached hydrogen (secondary N) is 1. The predicted octanol–water partition coefficient (Wildman–Crippen LogP) is 4.58. The Morgan fingerprint density at radius 2 is 1.96 bits per heavy atom. The molecule has 1 N–H and O–H groups in total. The van der Waals surface area contributed by atoms with Crippen LogP contribution in [0.1, 0.15) is 48.3 Å². The molecule has 0 aliphatic rings. The second-order valence-electron chi connectivity index (χ2n) is 7.01. The standard InChI is InChI=1S/C22H27N3O2/c1-4-5-12-25(3)14-22-20-13-19(10-11-21(20)23-24-22)27-15-17-6-8-18(9-7-17)16(2)26/h6-11,13H,4-5,12,14-15H2,1-3H3,(H,23,24). The van der Waals surface area contributed by atoms with E-state index in [1.165, 1.54) is 12.8 Å². The van der Waals surface area contributed by atoms with Crippen LogP contribution in [0.4, 0.5) is 0 Å². The molecule has 0 fully saturated rings. The topological polar surface area (TPSA) is 58.2 Å². The number of hydrogen-bond donors (Lipinski definition) is 1. The average Bonchev–Trinajstić information content (AvgIpc) is 3.07. The number of aromatic nitrogens is 2. The van der Waals surface area contributed by atoms with E-state index in [0.29, 0.717) is 6.61 Å². The van der Waals surface area contributed by atoms with E-state index in [-0.39, 0.29) is 5.78 Å². The smallest absolute Gasteiger partial charge is 0.159 e. The summed E-state index contributed by atoms with van der Waals surface area (Å²) in [5.41, 5.74) is 3.81. The second kappa shape index (κ2) is 8.82. The van der Waals surface area contributed by atoms with Crippen LogP contribution in [0.15, 0.2) is 42.5 Å². The third-order valence-corrected chi connectivity index (χ3v) is 4.69. The molecule has 0 bridgehead atoms. The molecule has 142 valence electrons. The molecule has 5 heteroatoms. The predicted molar refractivity (Wildman–Crippen MR) is 108 cm³/mol. The molecule has 1 aromatic heterocycles. The van der Waals surface area contributed by atoms with E-state index < -0.39 is 0 Å². The molecule has 0 amide bonds. The lowest BCUT2D eigenvalue weighted by Gasteiger charge is -2.15. The number of ether oxygens (including phenoxy) is 1. The minimum Gasteiger partial charge on any atom is -0.489 e. The Labute approximate surface area is 160 Å². The van der Waals surface area contributed by atoms with Gasteiger partial charge in [0.25, 0.3) is 0 Å². The molecule has 3 rings (SSSR count). The summed E-state index contributed by atoms with van der Waals surface area (Å²) in [5, 5.41) is 8.66. The summed E-state index contributed by atoms with van der Waals surface area (Å²) in [5.74, 6) is 0.890. The first-order chi connectivity index (χ1) is 13.1. The normalized spacial score (nSPS) is 11.3. The number of fused-ring (bicyclic) bond motifs is 1. The highest BCUT2D eigenvalue weighted by Crippen LogP contribution is 2.24. The third-order valence-electron chi connectivity index (χ3n) is 4.69. The molecule has 1 heterocycles. The molecular formula is C22H27N3O2. The van der Waals surface area contributed by atoms with Crippen LogP contribution in [0.3, 0.4) is 0 Å². The molecule has 0 saturated heterocycles. The van der Waals surface area contributed by atoms with E-state index in [4.69, 9.17) is 4.74 Å². The van der Waals surface area contributed by atoms with E-state index in [2.05, 4.69) is 29.1 Å². The second-order valence-corrected chi connectivity index (χ2v) is 7.01. The van der Waals surface area contributed by atoms with Crippen molar-refractivity contribution >= 4 is 16.7 Å². The van der Waals surface area contributed by atoms with Crippen LogP contribution in [0.2, 0.25) is 0 Å². The van der Waals surface area contributed by atoms with Crippen LogP contribution >= 0.6 is 0 Å². The minimum absolute atomic E-state index is 0.0734. The fourth-order valence-corrected chi connectivity index (χ4v) is 3.03. The molecule has 0 atom stereocenters. The van der Waals surface area contributed by atoms with Crippen molar-refractivity contribution in [2.24, 2.45) is 0 Å². The summed E-state index contributed by atoms with van der Waals surface area (Å²) >= 11 is 0. The Balaban J connectivity index is 1.68. The Morgan fingerprint density at radius 3 is 2.67 bits per heavy atom. The van der Waals surface area contributed by atoms with Crippen molar-refractivity contribution in [3.63, 3.8) is 0 Å². The van der Waals surface area contributed by atoms with Gasteiger partial charge in [-0.2, -0.15) is 5.10 Å². The molecule has 3 aromatic rings. The van der Waals surface area contributed by atoms with Gasteiger partial charge in [-0.05, 0) is 50.7 Å². The number of rotatable bonds is 9. The summed E-state index contributed by atoms with van der Waals surface area (Å²) in [6, 6.07) is 13.5. The van der Waals surface area contributed by atoms with Gasteiger partial charge in [-0.3, -0.25) is 9.89 Å². The highest BCUT2D eigenvalue weighted by molar-refractivity contribution is 5.94. The zero-order valence-corrected chi connectivity index (χ0v) is 16.3. The van der Waals surface area contributed by atoms with E-state index in [0.717, 1.165) is 46.6 Å². The zero-order chi connectivity index (χ0) is 19.2. The van der Waals surface area contributed by atoms with Gasteiger partial charge in [-0.25, -0.2) is 0 Å². The molecule has 0 unspecified atom stereocenters. The van der Waals surface area contributed by atoms with Gasteiger partial charge in [0.2, 0.25) is 0 Å². The van der Waals surface area contributed by atoms with Gasteiger partial charge in [-0.15, -0.1) is 0 Å². The van der Waals surface area contributed by atoms with Crippen LogP contribution in [-0.2, 0) is 13.2 Å².